The number of hydrogen-bond donors (Lipinski definition) is 0. The quantitative estimate of drug-likeness (QED) is 0.483. The highest BCUT2D eigenvalue weighted by Gasteiger charge is 2.48. The van der Waals surface area contributed by atoms with E-state index < -0.39 is 27.9 Å². The third kappa shape index (κ3) is 4.56. The smallest absolute Gasteiger partial charge is 0.283 e. The maximum absolute atomic E-state index is 12.7. The van der Waals surface area contributed by atoms with Crippen LogP contribution in [0.2, 0.25) is 0 Å². The van der Waals surface area contributed by atoms with Crippen molar-refractivity contribution in [1.29, 1.82) is 0 Å². The lowest BCUT2D eigenvalue weighted by Crippen LogP contribution is -2.52. The van der Waals surface area contributed by atoms with Crippen LogP contribution in [-0.4, -0.2) is 84.2 Å². The summed E-state index contributed by atoms with van der Waals surface area (Å²) in [7, 11) is -3.57. The van der Waals surface area contributed by atoms with Crippen molar-refractivity contribution in [2.75, 3.05) is 32.8 Å². The molecule has 0 radical (unpaired) electrons. The number of nitrogens with zero attached hydrogens (tertiary/aromatic N) is 4. The molecule has 9 nitrogen and oxygen atoms in total. The molecule has 166 valence electrons. The normalized spacial score (nSPS) is 22.4. The minimum atomic E-state index is -3.57. The molecule has 4 amide bonds. The van der Waals surface area contributed by atoms with Crippen molar-refractivity contribution in [1.82, 2.24) is 19.0 Å². The maximum Gasteiger partial charge on any atom is 0.335 e. The van der Waals surface area contributed by atoms with Gasteiger partial charge in [-0.3, -0.25) is 19.4 Å². The van der Waals surface area contributed by atoms with Gasteiger partial charge < -0.3 is 0 Å². The largest absolute Gasteiger partial charge is 0.335 e. The molecule has 10 heteroatoms. The molecule has 3 fully saturated rings. The Hall–Kier alpha value is -2.56. The van der Waals surface area contributed by atoms with Crippen LogP contribution in [0.15, 0.2) is 35.7 Å². The lowest BCUT2D eigenvalue weighted by Gasteiger charge is -2.34. The van der Waals surface area contributed by atoms with Crippen molar-refractivity contribution in [3.63, 3.8) is 0 Å². The number of rotatable bonds is 6. The Bertz CT molecular complexity index is 980. The zero-order chi connectivity index (χ0) is 22.0. The molecule has 1 aromatic carbocycles. The first-order valence-electron chi connectivity index (χ1n) is 10.5. The predicted octanol–water partition coefficient (Wildman–Crippen LogP) is 1.30. The minimum Gasteiger partial charge on any atom is -0.283 e. The van der Waals surface area contributed by atoms with E-state index in [1.54, 1.807) is 6.08 Å². The molecule has 4 rings (SSSR count). The Morgan fingerprint density at radius 2 is 1.55 bits per heavy atom. The van der Waals surface area contributed by atoms with Gasteiger partial charge in [0.25, 0.3) is 0 Å². The van der Waals surface area contributed by atoms with Crippen LogP contribution in [0.25, 0.3) is 6.08 Å². The van der Waals surface area contributed by atoms with Gasteiger partial charge in [-0.25, -0.2) is 18.1 Å². The molecule has 1 aromatic rings. The van der Waals surface area contributed by atoms with E-state index in [0.717, 1.165) is 41.0 Å². The Morgan fingerprint density at radius 1 is 0.903 bits per heavy atom. The lowest BCUT2D eigenvalue weighted by atomic mass is 10.2. The summed E-state index contributed by atoms with van der Waals surface area (Å²) in [5, 5.41) is 1.20. The van der Waals surface area contributed by atoms with Crippen LogP contribution >= 0.6 is 0 Å². The number of imide groups is 2. The van der Waals surface area contributed by atoms with Crippen molar-refractivity contribution >= 4 is 33.9 Å². The first-order valence-corrected chi connectivity index (χ1v) is 12.0. The van der Waals surface area contributed by atoms with Gasteiger partial charge in [0.2, 0.25) is 10.0 Å². The average Bonchev–Trinajstić information content (AvgIpc) is 3.37. The van der Waals surface area contributed by atoms with Crippen molar-refractivity contribution in [2.24, 2.45) is 0 Å². The standard InChI is InChI=1S/C21H26N4O5S/c26-19-20(27)25(18-8-4-5-9-18)21(28)24(19)16-22-11-13-23(14-12-22)31(29,30)15-10-17-6-2-1-3-7-17/h1-3,6-7,10,15,18H,4-5,8-9,11-14,16H2. The molecule has 0 unspecified atom stereocenters. The van der Waals surface area contributed by atoms with Crippen molar-refractivity contribution in [2.45, 2.75) is 31.7 Å². The maximum atomic E-state index is 12.7. The van der Waals surface area contributed by atoms with Gasteiger partial charge in [-0.05, 0) is 24.5 Å². The molecule has 2 aliphatic heterocycles. The second-order valence-corrected chi connectivity index (χ2v) is 9.86. The van der Waals surface area contributed by atoms with Gasteiger partial charge in [-0.15, -0.1) is 0 Å². The first kappa shape index (κ1) is 21.7. The van der Waals surface area contributed by atoms with E-state index in [4.69, 9.17) is 0 Å². The molecule has 3 aliphatic rings. The van der Waals surface area contributed by atoms with Crippen LogP contribution in [0, 0.1) is 0 Å². The van der Waals surface area contributed by atoms with E-state index >= 15 is 0 Å². The summed E-state index contributed by atoms with van der Waals surface area (Å²) < 4.78 is 26.6. The van der Waals surface area contributed by atoms with Gasteiger partial charge >= 0.3 is 17.8 Å². The van der Waals surface area contributed by atoms with Gasteiger partial charge in [-0.2, -0.15) is 4.31 Å². The Labute approximate surface area is 181 Å². The van der Waals surface area contributed by atoms with Crippen LogP contribution in [0.4, 0.5) is 4.79 Å². The van der Waals surface area contributed by atoms with E-state index in [9.17, 15) is 22.8 Å². The topological polar surface area (TPSA) is 98.3 Å². The molecule has 0 N–H and O–H groups in total. The third-order valence-corrected chi connectivity index (χ3v) is 7.60. The fourth-order valence-electron chi connectivity index (χ4n) is 4.27. The molecule has 2 saturated heterocycles. The molecule has 1 saturated carbocycles. The fraction of sp³-hybridized carbons (Fsp3) is 0.476. The number of sulfonamides is 1. The number of carbonyl (C=O) groups excluding carboxylic acids is 3. The van der Waals surface area contributed by atoms with Crippen LogP contribution in [0.5, 0.6) is 0 Å². The fourth-order valence-corrected chi connectivity index (χ4v) is 5.45. The summed E-state index contributed by atoms with van der Waals surface area (Å²) >= 11 is 0. The van der Waals surface area contributed by atoms with Crippen molar-refractivity contribution < 1.29 is 22.8 Å². The molecule has 0 spiro atoms. The average molecular weight is 447 g/mol. The van der Waals surface area contributed by atoms with E-state index in [0.29, 0.717) is 13.1 Å². The molecule has 2 heterocycles. The van der Waals surface area contributed by atoms with E-state index in [-0.39, 0.29) is 25.8 Å². The highest BCUT2D eigenvalue weighted by Crippen LogP contribution is 2.28. The molecular formula is C21H26N4O5S. The second-order valence-electron chi connectivity index (χ2n) is 8.05. The van der Waals surface area contributed by atoms with Crippen LogP contribution in [0.3, 0.4) is 0 Å². The predicted molar refractivity (Wildman–Crippen MR) is 114 cm³/mol. The summed E-state index contributed by atoms with van der Waals surface area (Å²) in [4.78, 5) is 41.3. The summed E-state index contributed by atoms with van der Waals surface area (Å²) in [6, 6.07) is 8.44. The Morgan fingerprint density at radius 3 is 2.19 bits per heavy atom. The molecule has 31 heavy (non-hydrogen) atoms. The van der Waals surface area contributed by atoms with E-state index in [1.165, 1.54) is 9.71 Å². The number of hydrogen-bond acceptors (Lipinski definition) is 6. The van der Waals surface area contributed by atoms with Crippen molar-refractivity contribution in [3.05, 3.63) is 41.3 Å². The van der Waals surface area contributed by atoms with E-state index in [2.05, 4.69) is 0 Å². The zero-order valence-corrected chi connectivity index (χ0v) is 18.0. The monoisotopic (exact) mass is 446 g/mol. The summed E-state index contributed by atoms with van der Waals surface area (Å²) in [5.74, 6) is -1.54. The van der Waals surface area contributed by atoms with Gasteiger partial charge in [0.15, 0.2) is 0 Å². The molecular weight excluding hydrogens is 420 g/mol. The van der Waals surface area contributed by atoms with Gasteiger partial charge in [-0.1, -0.05) is 43.2 Å². The zero-order valence-electron chi connectivity index (χ0n) is 17.2. The third-order valence-electron chi connectivity index (χ3n) is 6.04. The van der Waals surface area contributed by atoms with Gasteiger partial charge in [0, 0.05) is 37.6 Å². The molecule has 0 atom stereocenters. The number of benzene rings is 1. The number of urea groups is 1. The molecule has 0 aromatic heterocycles. The first-order chi connectivity index (χ1) is 14.9. The second kappa shape index (κ2) is 8.89. The number of piperazine rings is 1. The molecule has 0 bridgehead atoms. The SMILES string of the molecule is O=C1C(=O)N(C2CCCC2)C(=O)N1CN1CCN(S(=O)(=O)C=Cc2ccccc2)CC1. The summed E-state index contributed by atoms with van der Waals surface area (Å²) in [5.41, 5.74) is 0.798. The van der Waals surface area contributed by atoms with Crippen LogP contribution in [0.1, 0.15) is 31.2 Å². The number of carbonyl (C=O) groups is 3. The van der Waals surface area contributed by atoms with Crippen molar-refractivity contribution in [3.8, 4) is 0 Å². The lowest BCUT2D eigenvalue weighted by molar-refractivity contribution is -0.144. The highest BCUT2D eigenvalue weighted by molar-refractivity contribution is 7.92. The Kier molecular flexibility index (Phi) is 6.22. The van der Waals surface area contributed by atoms with E-state index in [1.807, 2.05) is 35.2 Å². The Balaban J connectivity index is 1.34. The summed E-state index contributed by atoms with van der Waals surface area (Å²) in [6.45, 7) is 1.23. The van der Waals surface area contributed by atoms with Crippen LogP contribution in [-0.2, 0) is 19.6 Å². The molecule has 1 aliphatic carbocycles. The highest BCUT2D eigenvalue weighted by atomic mass is 32.2. The van der Waals surface area contributed by atoms with Gasteiger partial charge in [0.1, 0.15) is 0 Å². The van der Waals surface area contributed by atoms with Gasteiger partial charge in [0.05, 0.1) is 6.67 Å². The minimum absolute atomic E-state index is 0.000366. The number of amides is 4. The van der Waals surface area contributed by atoms with Crippen LogP contribution < -0.4 is 0 Å². The summed E-state index contributed by atoms with van der Waals surface area (Å²) in [6.07, 6.45) is 4.94.